The SMILES string of the molecule is Cc1nc(C)c(C(=O)NCc2csc(-c3ncccn3)n2)s1. The molecule has 0 saturated heterocycles. The number of amides is 1. The molecule has 0 aromatic carbocycles. The van der Waals surface area contributed by atoms with E-state index in [0.717, 1.165) is 21.4 Å². The lowest BCUT2D eigenvalue weighted by atomic mass is 10.3. The first kappa shape index (κ1) is 14.7. The molecule has 8 heteroatoms. The van der Waals surface area contributed by atoms with Gasteiger partial charge < -0.3 is 5.32 Å². The summed E-state index contributed by atoms with van der Waals surface area (Å²) in [4.78, 5) is 29.8. The van der Waals surface area contributed by atoms with E-state index in [0.29, 0.717) is 17.2 Å². The number of aromatic nitrogens is 4. The van der Waals surface area contributed by atoms with E-state index in [2.05, 4.69) is 25.3 Å². The van der Waals surface area contributed by atoms with Gasteiger partial charge in [0.15, 0.2) is 10.8 Å². The smallest absolute Gasteiger partial charge is 0.263 e. The van der Waals surface area contributed by atoms with Crippen LogP contribution in [0, 0.1) is 13.8 Å². The second-order valence-corrected chi connectivity index (χ2v) is 6.61. The van der Waals surface area contributed by atoms with E-state index in [9.17, 15) is 4.79 Å². The third-order valence-corrected chi connectivity index (χ3v) is 4.81. The van der Waals surface area contributed by atoms with Crippen molar-refractivity contribution in [3.05, 3.63) is 45.1 Å². The Morgan fingerprint density at radius 3 is 2.68 bits per heavy atom. The number of thiazole rings is 2. The van der Waals surface area contributed by atoms with Crippen molar-refractivity contribution < 1.29 is 4.79 Å². The second-order valence-electron chi connectivity index (χ2n) is 4.55. The van der Waals surface area contributed by atoms with E-state index in [1.165, 1.54) is 22.7 Å². The first-order valence-electron chi connectivity index (χ1n) is 6.57. The van der Waals surface area contributed by atoms with Crippen molar-refractivity contribution in [1.29, 1.82) is 0 Å². The Labute approximate surface area is 135 Å². The lowest BCUT2D eigenvalue weighted by Gasteiger charge is -2.01. The van der Waals surface area contributed by atoms with Crippen LogP contribution in [0.5, 0.6) is 0 Å². The molecule has 0 aliphatic carbocycles. The quantitative estimate of drug-likeness (QED) is 0.795. The van der Waals surface area contributed by atoms with E-state index in [4.69, 9.17) is 0 Å². The van der Waals surface area contributed by atoms with Gasteiger partial charge in [-0.3, -0.25) is 4.79 Å². The van der Waals surface area contributed by atoms with Crippen LogP contribution < -0.4 is 5.32 Å². The molecule has 1 amide bonds. The highest BCUT2D eigenvalue weighted by atomic mass is 32.1. The minimum absolute atomic E-state index is 0.117. The highest BCUT2D eigenvalue weighted by Gasteiger charge is 2.14. The molecule has 0 fully saturated rings. The molecule has 0 bridgehead atoms. The summed E-state index contributed by atoms with van der Waals surface area (Å²) in [7, 11) is 0. The van der Waals surface area contributed by atoms with Gasteiger partial charge in [0.05, 0.1) is 22.9 Å². The lowest BCUT2D eigenvalue weighted by Crippen LogP contribution is -2.22. The average Bonchev–Trinajstić information content (AvgIpc) is 3.12. The van der Waals surface area contributed by atoms with Crippen molar-refractivity contribution in [2.45, 2.75) is 20.4 Å². The largest absolute Gasteiger partial charge is 0.346 e. The molecule has 0 aliphatic rings. The molecule has 0 atom stereocenters. The van der Waals surface area contributed by atoms with Crippen LogP contribution in [-0.4, -0.2) is 25.8 Å². The van der Waals surface area contributed by atoms with Gasteiger partial charge in [0, 0.05) is 17.8 Å². The fourth-order valence-corrected chi connectivity index (χ4v) is 3.49. The monoisotopic (exact) mass is 331 g/mol. The van der Waals surface area contributed by atoms with E-state index in [1.807, 2.05) is 19.2 Å². The summed E-state index contributed by atoms with van der Waals surface area (Å²) in [5, 5.41) is 6.40. The van der Waals surface area contributed by atoms with Crippen LogP contribution in [0.2, 0.25) is 0 Å². The van der Waals surface area contributed by atoms with Gasteiger partial charge in [-0.1, -0.05) is 0 Å². The Bertz CT molecular complexity index is 797. The van der Waals surface area contributed by atoms with E-state index >= 15 is 0 Å². The zero-order valence-corrected chi connectivity index (χ0v) is 13.7. The number of carbonyl (C=O) groups is 1. The summed E-state index contributed by atoms with van der Waals surface area (Å²) >= 11 is 2.86. The predicted molar refractivity (Wildman–Crippen MR) is 85.9 cm³/mol. The van der Waals surface area contributed by atoms with Gasteiger partial charge in [-0.15, -0.1) is 22.7 Å². The van der Waals surface area contributed by atoms with Crippen molar-refractivity contribution in [1.82, 2.24) is 25.3 Å². The van der Waals surface area contributed by atoms with Crippen LogP contribution >= 0.6 is 22.7 Å². The third-order valence-electron chi connectivity index (χ3n) is 2.85. The number of hydrogen-bond donors (Lipinski definition) is 1. The third kappa shape index (κ3) is 3.18. The molecular weight excluding hydrogens is 318 g/mol. The topological polar surface area (TPSA) is 80.7 Å². The maximum absolute atomic E-state index is 12.1. The molecule has 0 saturated carbocycles. The number of hydrogen-bond acceptors (Lipinski definition) is 7. The molecule has 112 valence electrons. The highest BCUT2D eigenvalue weighted by Crippen LogP contribution is 2.20. The molecule has 3 aromatic rings. The minimum Gasteiger partial charge on any atom is -0.346 e. The van der Waals surface area contributed by atoms with Crippen molar-refractivity contribution in [2.24, 2.45) is 0 Å². The summed E-state index contributed by atoms with van der Waals surface area (Å²) in [5.41, 5.74) is 1.55. The molecule has 3 aromatic heterocycles. The molecule has 0 aliphatic heterocycles. The maximum atomic E-state index is 12.1. The molecule has 0 radical (unpaired) electrons. The number of nitrogens with one attached hydrogen (secondary N) is 1. The van der Waals surface area contributed by atoms with Gasteiger partial charge >= 0.3 is 0 Å². The Hall–Kier alpha value is -2.19. The second kappa shape index (κ2) is 6.29. The van der Waals surface area contributed by atoms with Gasteiger partial charge in [0.2, 0.25) is 0 Å². The van der Waals surface area contributed by atoms with Crippen LogP contribution in [0.3, 0.4) is 0 Å². The van der Waals surface area contributed by atoms with Crippen molar-refractivity contribution in [3.8, 4) is 10.8 Å². The average molecular weight is 331 g/mol. The Kier molecular flexibility index (Phi) is 4.21. The zero-order valence-electron chi connectivity index (χ0n) is 12.0. The first-order valence-corrected chi connectivity index (χ1v) is 8.27. The van der Waals surface area contributed by atoms with Gasteiger partial charge in [0.25, 0.3) is 5.91 Å². The van der Waals surface area contributed by atoms with Crippen molar-refractivity contribution >= 4 is 28.6 Å². The molecule has 3 rings (SSSR count). The minimum atomic E-state index is -0.117. The Morgan fingerprint density at radius 2 is 2.00 bits per heavy atom. The number of carbonyl (C=O) groups excluding carboxylic acids is 1. The molecule has 0 unspecified atom stereocenters. The summed E-state index contributed by atoms with van der Waals surface area (Å²) < 4.78 is 0. The lowest BCUT2D eigenvalue weighted by molar-refractivity contribution is 0.0953. The molecular formula is C14H13N5OS2. The van der Waals surface area contributed by atoms with Crippen LogP contribution in [0.15, 0.2) is 23.8 Å². The van der Waals surface area contributed by atoms with Crippen LogP contribution in [0.4, 0.5) is 0 Å². The van der Waals surface area contributed by atoms with Gasteiger partial charge in [-0.05, 0) is 19.9 Å². The first-order chi connectivity index (χ1) is 10.6. The molecule has 0 spiro atoms. The summed E-state index contributed by atoms with van der Waals surface area (Å²) in [5.74, 6) is 0.479. The maximum Gasteiger partial charge on any atom is 0.263 e. The number of nitrogens with zero attached hydrogens (tertiary/aromatic N) is 4. The summed E-state index contributed by atoms with van der Waals surface area (Å²) in [6.45, 7) is 4.10. The fraction of sp³-hybridized carbons (Fsp3) is 0.214. The van der Waals surface area contributed by atoms with E-state index in [1.54, 1.807) is 18.5 Å². The van der Waals surface area contributed by atoms with Crippen LogP contribution in [0.25, 0.3) is 10.8 Å². The normalized spacial score (nSPS) is 10.6. The van der Waals surface area contributed by atoms with Crippen molar-refractivity contribution in [3.63, 3.8) is 0 Å². The molecule has 1 N–H and O–H groups in total. The summed E-state index contributed by atoms with van der Waals surface area (Å²) in [6.07, 6.45) is 3.36. The molecule has 3 heterocycles. The van der Waals surface area contributed by atoms with Crippen LogP contribution in [-0.2, 0) is 6.54 Å². The fourth-order valence-electron chi connectivity index (χ4n) is 1.89. The summed E-state index contributed by atoms with van der Waals surface area (Å²) in [6, 6.07) is 1.76. The zero-order chi connectivity index (χ0) is 15.5. The van der Waals surface area contributed by atoms with Gasteiger partial charge in [-0.25, -0.2) is 19.9 Å². The van der Waals surface area contributed by atoms with Gasteiger partial charge in [0.1, 0.15) is 4.88 Å². The number of aryl methyl sites for hydroxylation is 2. The predicted octanol–water partition coefficient (Wildman–Crippen LogP) is 2.60. The Morgan fingerprint density at radius 1 is 1.23 bits per heavy atom. The molecule has 6 nitrogen and oxygen atoms in total. The van der Waals surface area contributed by atoms with Gasteiger partial charge in [-0.2, -0.15) is 0 Å². The highest BCUT2D eigenvalue weighted by molar-refractivity contribution is 7.13. The van der Waals surface area contributed by atoms with Crippen LogP contribution in [0.1, 0.15) is 26.1 Å². The Balaban J connectivity index is 1.66. The van der Waals surface area contributed by atoms with Crippen molar-refractivity contribution in [2.75, 3.05) is 0 Å². The van der Waals surface area contributed by atoms with E-state index in [-0.39, 0.29) is 5.91 Å². The van der Waals surface area contributed by atoms with E-state index < -0.39 is 0 Å². The molecule has 22 heavy (non-hydrogen) atoms. The standard InChI is InChI=1S/C14H13N5OS2/c1-8-11(22-9(2)18-8)13(20)17-6-10-7-21-14(19-10)12-15-4-3-5-16-12/h3-5,7H,6H2,1-2H3,(H,17,20). The number of rotatable bonds is 4.